The number of carbonyl (C=O) groups excluding carboxylic acids is 1. The van der Waals surface area contributed by atoms with Crippen LogP contribution in [0.4, 0.5) is 5.69 Å². The molecule has 21 heavy (non-hydrogen) atoms. The zero-order valence-corrected chi connectivity index (χ0v) is 13.0. The fraction of sp³-hybridized carbons (Fsp3) is 0.214. The Kier molecular flexibility index (Phi) is 4.59. The van der Waals surface area contributed by atoms with E-state index in [1.165, 1.54) is 23.1 Å². The van der Waals surface area contributed by atoms with E-state index in [-0.39, 0.29) is 16.3 Å². The van der Waals surface area contributed by atoms with Crippen LogP contribution in [0.5, 0.6) is 0 Å². The third-order valence-corrected chi connectivity index (χ3v) is 4.51. The quantitative estimate of drug-likeness (QED) is 0.685. The van der Waals surface area contributed by atoms with Crippen LogP contribution in [0.15, 0.2) is 24.3 Å². The minimum Gasteiger partial charge on any atom is -0.347 e. The van der Waals surface area contributed by atoms with Crippen molar-refractivity contribution in [3.63, 3.8) is 0 Å². The number of thiophene rings is 1. The van der Waals surface area contributed by atoms with Crippen molar-refractivity contribution in [2.75, 3.05) is 0 Å². The standard InChI is InChI=1S/C14H13ClN2O3S/c1-8-6-10(21-9(8)2)7-16-14(18)11-4-3-5-12(15)13(11)17(19)20/h3-6H,7H2,1-2H3,(H,16,18). The summed E-state index contributed by atoms with van der Waals surface area (Å²) in [6.45, 7) is 4.34. The lowest BCUT2D eigenvalue weighted by Gasteiger charge is -2.05. The Morgan fingerprint density at radius 2 is 2.14 bits per heavy atom. The minimum atomic E-state index is -0.642. The Labute approximate surface area is 130 Å². The predicted molar refractivity (Wildman–Crippen MR) is 83.1 cm³/mol. The molecular weight excluding hydrogens is 312 g/mol. The van der Waals surface area contributed by atoms with Crippen LogP contribution in [-0.2, 0) is 6.54 Å². The van der Waals surface area contributed by atoms with Crippen molar-refractivity contribution >= 4 is 34.5 Å². The molecule has 1 heterocycles. The maximum atomic E-state index is 12.1. The second-order valence-corrected chi connectivity index (χ2v) is 6.28. The summed E-state index contributed by atoms with van der Waals surface area (Å²) in [6, 6.07) is 6.29. The van der Waals surface area contributed by atoms with Crippen LogP contribution in [0.25, 0.3) is 0 Å². The highest BCUT2D eigenvalue weighted by Crippen LogP contribution is 2.28. The predicted octanol–water partition coefficient (Wildman–Crippen LogP) is 3.86. The summed E-state index contributed by atoms with van der Waals surface area (Å²) < 4.78 is 0. The summed E-state index contributed by atoms with van der Waals surface area (Å²) >= 11 is 7.38. The van der Waals surface area contributed by atoms with E-state index in [4.69, 9.17) is 11.6 Å². The fourth-order valence-corrected chi connectivity index (χ4v) is 3.12. The summed E-state index contributed by atoms with van der Waals surface area (Å²) in [5, 5.41) is 13.7. The van der Waals surface area contributed by atoms with Crippen LogP contribution in [-0.4, -0.2) is 10.8 Å². The lowest BCUT2D eigenvalue weighted by Crippen LogP contribution is -2.23. The third kappa shape index (κ3) is 3.40. The van der Waals surface area contributed by atoms with E-state index in [0.717, 1.165) is 10.4 Å². The van der Waals surface area contributed by atoms with Crippen molar-refractivity contribution in [2.45, 2.75) is 20.4 Å². The second-order valence-electron chi connectivity index (χ2n) is 4.53. The van der Waals surface area contributed by atoms with Crippen LogP contribution in [0.1, 0.15) is 25.7 Å². The highest BCUT2D eigenvalue weighted by Gasteiger charge is 2.23. The topological polar surface area (TPSA) is 72.2 Å². The van der Waals surface area contributed by atoms with E-state index < -0.39 is 10.8 Å². The Hall–Kier alpha value is -1.92. The molecule has 0 radical (unpaired) electrons. The van der Waals surface area contributed by atoms with E-state index in [2.05, 4.69) is 5.32 Å². The molecule has 0 aliphatic heterocycles. The smallest absolute Gasteiger partial charge is 0.300 e. The molecular formula is C14H13ClN2O3S. The average Bonchev–Trinajstić information content (AvgIpc) is 2.74. The summed E-state index contributed by atoms with van der Waals surface area (Å²) in [5.41, 5.74) is 0.769. The van der Waals surface area contributed by atoms with Gasteiger partial charge in [-0.05, 0) is 37.6 Å². The average molecular weight is 325 g/mol. The number of amides is 1. The largest absolute Gasteiger partial charge is 0.347 e. The normalized spacial score (nSPS) is 10.4. The summed E-state index contributed by atoms with van der Waals surface area (Å²) in [6.07, 6.45) is 0. The van der Waals surface area contributed by atoms with Gasteiger partial charge in [-0.3, -0.25) is 14.9 Å². The molecule has 0 aliphatic carbocycles. The van der Waals surface area contributed by atoms with Gasteiger partial charge in [0, 0.05) is 9.75 Å². The Morgan fingerprint density at radius 1 is 1.43 bits per heavy atom. The molecule has 0 fully saturated rings. The number of nitro benzene ring substituents is 1. The first kappa shape index (κ1) is 15.5. The number of halogens is 1. The number of nitrogens with zero attached hydrogens (tertiary/aromatic N) is 1. The number of hydrogen-bond donors (Lipinski definition) is 1. The van der Waals surface area contributed by atoms with Crippen molar-refractivity contribution in [1.29, 1.82) is 0 Å². The van der Waals surface area contributed by atoms with Crippen LogP contribution in [0.3, 0.4) is 0 Å². The van der Waals surface area contributed by atoms with E-state index in [1.54, 1.807) is 11.3 Å². The molecule has 0 atom stereocenters. The molecule has 1 aromatic carbocycles. The number of hydrogen-bond acceptors (Lipinski definition) is 4. The first-order valence-electron chi connectivity index (χ1n) is 6.17. The van der Waals surface area contributed by atoms with Gasteiger partial charge in [-0.15, -0.1) is 11.3 Å². The molecule has 5 nitrogen and oxygen atoms in total. The maximum absolute atomic E-state index is 12.1. The number of rotatable bonds is 4. The van der Waals surface area contributed by atoms with Crippen LogP contribution < -0.4 is 5.32 Å². The molecule has 0 bridgehead atoms. The summed E-state index contributed by atoms with van der Waals surface area (Å²) in [4.78, 5) is 24.7. The van der Waals surface area contributed by atoms with Crippen molar-refractivity contribution in [3.05, 3.63) is 60.3 Å². The zero-order chi connectivity index (χ0) is 15.6. The van der Waals surface area contributed by atoms with E-state index in [0.29, 0.717) is 6.54 Å². The van der Waals surface area contributed by atoms with Gasteiger partial charge < -0.3 is 5.32 Å². The highest BCUT2D eigenvalue weighted by molar-refractivity contribution is 7.12. The van der Waals surface area contributed by atoms with Gasteiger partial charge in [0.2, 0.25) is 0 Å². The van der Waals surface area contributed by atoms with Crippen LogP contribution in [0, 0.1) is 24.0 Å². The van der Waals surface area contributed by atoms with Gasteiger partial charge in [0.1, 0.15) is 10.6 Å². The fourth-order valence-electron chi connectivity index (χ4n) is 1.88. The van der Waals surface area contributed by atoms with Gasteiger partial charge in [-0.25, -0.2) is 0 Å². The Morgan fingerprint density at radius 3 is 2.71 bits per heavy atom. The molecule has 1 aromatic heterocycles. The number of para-hydroxylation sites is 1. The molecule has 7 heteroatoms. The second kappa shape index (κ2) is 6.24. The summed E-state index contributed by atoms with van der Waals surface area (Å²) in [5.74, 6) is -0.507. The maximum Gasteiger partial charge on any atom is 0.300 e. The molecule has 110 valence electrons. The number of carbonyl (C=O) groups is 1. The first-order valence-corrected chi connectivity index (χ1v) is 7.36. The van der Waals surface area contributed by atoms with Crippen molar-refractivity contribution < 1.29 is 9.72 Å². The third-order valence-electron chi connectivity index (χ3n) is 3.05. The van der Waals surface area contributed by atoms with Gasteiger partial charge in [0.05, 0.1) is 11.5 Å². The van der Waals surface area contributed by atoms with Crippen molar-refractivity contribution in [1.82, 2.24) is 5.32 Å². The number of aryl methyl sites for hydroxylation is 2. The summed E-state index contributed by atoms with van der Waals surface area (Å²) in [7, 11) is 0. The monoisotopic (exact) mass is 324 g/mol. The number of benzene rings is 1. The van der Waals surface area contributed by atoms with Gasteiger partial charge in [-0.2, -0.15) is 0 Å². The Balaban J connectivity index is 2.17. The van der Waals surface area contributed by atoms with E-state index in [1.807, 2.05) is 19.9 Å². The molecule has 1 N–H and O–H groups in total. The first-order chi connectivity index (χ1) is 9.90. The molecule has 2 aromatic rings. The van der Waals surface area contributed by atoms with Crippen molar-refractivity contribution in [2.24, 2.45) is 0 Å². The lowest BCUT2D eigenvalue weighted by molar-refractivity contribution is -0.385. The number of nitrogens with one attached hydrogen (secondary N) is 1. The van der Waals surface area contributed by atoms with Gasteiger partial charge in [0.25, 0.3) is 5.91 Å². The Bertz CT molecular complexity index is 693. The van der Waals surface area contributed by atoms with Gasteiger partial charge in [-0.1, -0.05) is 17.7 Å². The number of nitro groups is 1. The van der Waals surface area contributed by atoms with Crippen LogP contribution in [0.2, 0.25) is 5.02 Å². The molecule has 0 aliphatic rings. The van der Waals surface area contributed by atoms with Gasteiger partial charge in [0.15, 0.2) is 0 Å². The van der Waals surface area contributed by atoms with E-state index in [9.17, 15) is 14.9 Å². The van der Waals surface area contributed by atoms with Gasteiger partial charge >= 0.3 is 5.69 Å². The molecule has 0 spiro atoms. The van der Waals surface area contributed by atoms with E-state index >= 15 is 0 Å². The SMILES string of the molecule is Cc1cc(CNC(=O)c2cccc(Cl)c2[N+](=O)[O-])sc1C. The molecule has 2 rings (SSSR count). The molecule has 0 saturated carbocycles. The van der Waals surface area contributed by atoms with Crippen LogP contribution >= 0.6 is 22.9 Å². The molecule has 0 unspecified atom stereocenters. The lowest BCUT2D eigenvalue weighted by atomic mass is 10.1. The zero-order valence-electron chi connectivity index (χ0n) is 11.5. The van der Waals surface area contributed by atoms with Crippen molar-refractivity contribution in [3.8, 4) is 0 Å². The molecule has 0 saturated heterocycles. The molecule has 1 amide bonds. The highest BCUT2D eigenvalue weighted by atomic mass is 35.5. The minimum absolute atomic E-state index is 0.0301.